The van der Waals surface area contributed by atoms with Gasteiger partial charge in [0, 0.05) is 0 Å². The molecule has 82 valence electrons. The number of carbonyl (C=O) groups is 1. The van der Waals surface area contributed by atoms with E-state index in [1.54, 1.807) is 0 Å². The van der Waals surface area contributed by atoms with Crippen LogP contribution in [0, 0.1) is 5.92 Å². The molecule has 2 rings (SSSR count). The zero-order valence-corrected chi connectivity index (χ0v) is 9.78. The average molecular weight is 206 g/mol. The molecule has 0 fully saturated rings. The molecule has 1 heterocycles. The topological polar surface area (TPSA) is 26.3 Å². The maximum absolute atomic E-state index is 11.7. The van der Waals surface area contributed by atoms with Gasteiger partial charge in [-0.05, 0) is 19.1 Å². The van der Waals surface area contributed by atoms with Crippen molar-refractivity contribution >= 4 is 5.78 Å². The van der Waals surface area contributed by atoms with E-state index in [0.717, 1.165) is 5.75 Å². The second-order valence-corrected chi connectivity index (χ2v) is 3.47. The van der Waals surface area contributed by atoms with Crippen LogP contribution in [0.4, 0.5) is 0 Å². The first-order valence-electron chi connectivity index (χ1n) is 5.50. The number of benzene rings is 1. The first-order valence-corrected chi connectivity index (χ1v) is 5.50. The summed E-state index contributed by atoms with van der Waals surface area (Å²) in [5.74, 6) is 0.877. The quantitative estimate of drug-likeness (QED) is 0.651. The van der Waals surface area contributed by atoms with Gasteiger partial charge in [0.1, 0.15) is 11.9 Å². The van der Waals surface area contributed by atoms with E-state index in [9.17, 15) is 4.79 Å². The first-order chi connectivity index (χ1) is 7.20. The number of para-hydroxylation sites is 1. The molecule has 0 bridgehead atoms. The first kappa shape index (κ1) is 11.8. The van der Waals surface area contributed by atoms with Gasteiger partial charge in [-0.3, -0.25) is 4.79 Å². The van der Waals surface area contributed by atoms with Gasteiger partial charge in [-0.25, -0.2) is 0 Å². The molecular formula is C13H18O2. The molecule has 1 aliphatic heterocycles. The molecule has 0 unspecified atom stereocenters. The summed E-state index contributed by atoms with van der Waals surface area (Å²) in [7, 11) is 0. The van der Waals surface area contributed by atoms with Gasteiger partial charge < -0.3 is 4.74 Å². The number of carbonyl (C=O) groups excluding carboxylic acids is 1. The molecule has 0 aromatic heterocycles. The molecular weight excluding hydrogens is 188 g/mol. The van der Waals surface area contributed by atoms with Crippen LogP contribution >= 0.6 is 0 Å². The van der Waals surface area contributed by atoms with Crippen molar-refractivity contribution in [1.29, 1.82) is 0 Å². The maximum Gasteiger partial charge on any atom is 0.173 e. The minimum absolute atomic E-state index is 0.0117. The molecule has 0 amide bonds. The van der Waals surface area contributed by atoms with Crippen molar-refractivity contribution in [1.82, 2.24) is 0 Å². The molecule has 15 heavy (non-hydrogen) atoms. The van der Waals surface area contributed by atoms with Gasteiger partial charge in [-0.2, -0.15) is 0 Å². The largest absolute Gasteiger partial charge is 0.489 e. The second-order valence-electron chi connectivity index (χ2n) is 3.47. The van der Waals surface area contributed by atoms with Crippen molar-refractivity contribution in [2.24, 2.45) is 5.92 Å². The third-order valence-electron chi connectivity index (χ3n) is 2.58. The van der Waals surface area contributed by atoms with E-state index in [1.165, 1.54) is 0 Å². The lowest BCUT2D eigenvalue weighted by atomic mass is 9.92. The fraction of sp³-hybridized carbons (Fsp3) is 0.462. The lowest BCUT2D eigenvalue weighted by molar-refractivity contribution is 0.0730. The summed E-state index contributed by atoms with van der Waals surface area (Å²) < 4.78 is 5.59. The van der Waals surface area contributed by atoms with Gasteiger partial charge in [0.25, 0.3) is 0 Å². The van der Waals surface area contributed by atoms with Crippen LogP contribution in [0.1, 0.15) is 38.1 Å². The second kappa shape index (κ2) is 4.96. The van der Waals surface area contributed by atoms with Gasteiger partial charge in [-0.15, -0.1) is 0 Å². The summed E-state index contributed by atoms with van der Waals surface area (Å²) in [4.78, 5) is 11.7. The third-order valence-corrected chi connectivity index (χ3v) is 2.58. The van der Waals surface area contributed by atoms with E-state index in [2.05, 4.69) is 0 Å². The van der Waals surface area contributed by atoms with Crippen molar-refractivity contribution in [2.45, 2.75) is 33.8 Å². The van der Waals surface area contributed by atoms with Crippen molar-refractivity contribution in [3.8, 4) is 5.75 Å². The Morgan fingerprint density at radius 3 is 2.40 bits per heavy atom. The van der Waals surface area contributed by atoms with Gasteiger partial charge in [0.2, 0.25) is 0 Å². The monoisotopic (exact) mass is 206 g/mol. The Labute approximate surface area is 91.3 Å². The molecule has 2 atom stereocenters. The zero-order valence-electron chi connectivity index (χ0n) is 9.78. The zero-order chi connectivity index (χ0) is 11.4. The number of hydrogen-bond acceptors (Lipinski definition) is 2. The van der Waals surface area contributed by atoms with Crippen LogP contribution in [0.3, 0.4) is 0 Å². The van der Waals surface area contributed by atoms with E-state index < -0.39 is 0 Å². The normalized spacial score (nSPS) is 23.3. The minimum Gasteiger partial charge on any atom is -0.489 e. The van der Waals surface area contributed by atoms with Crippen LogP contribution in [0.15, 0.2) is 24.3 Å². The van der Waals surface area contributed by atoms with Gasteiger partial charge in [0.05, 0.1) is 11.5 Å². The standard InChI is InChI=1S/C11H12O2.C2H6/c1-7-8(2)13-10-6-4-3-5-9(10)11(7)12;1-2/h3-8H,1-2H3;1-2H3/t7-,8-;/m1./s1. The highest BCUT2D eigenvalue weighted by molar-refractivity contribution is 6.01. The van der Waals surface area contributed by atoms with Crippen LogP contribution in [0.5, 0.6) is 5.75 Å². The average Bonchev–Trinajstić information content (AvgIpc) is 2.29. The highest BCUT2D eigenvalue weighted by atomic mass is 16.5. The molecule has 1 aromatic carbocycles. The van der Waals surface area contributed by atoms with Gasteiger partial charge in [-0.1, -0.05) is 32.9 Å². The number of ether oxygens (including phenoxy) is 1. The Hall–Kier alpha value is -1.31. The number of hydrogen-bond donors (Lipinski definition) is 0. The Balaban J connectivity index is 0.000000531. The molecule has 0 spiro atoms. The van der Waals surface area contributed by atoms with Gasteiger partial charge in [0.15, 0.2) is 5.78 Å². The lowest BCUT2D eigenvalue weighted by Gasteiger charge is -2.27. The van der Waals surface area contributed by atoms with E-state index >= 15 is 0 Å². The molecule has 0 saturated heterocycles. The van der Waals surface area contributed by atoms with Crippen LogP contribution in [0.25, 0.3) is 0 Å². The molecule has 0 aliphatic carbocycles. The highest BCUT2D eigenvalue weighted by Gasteiger charge is 2.30. The summed E-state index contributed by atoms with van der Waals surface area (Å²) in [5.41, 5.74) is 0.716. The Morgan fingerprint density at radius 2 is 1.73 bits per heavy atom. The van der Waals surface area contributed by atoms with E-state index in [0.29, 0.717) is 5.56 Å². The van der Waals surface area contributed by atoms with Crippen molar-refractivity contribution in [3.63, 3.8) is 0 Å². The van der Waals surface area contributed by atoms with Crippen molar-refractivity contribution in [3.05, 3.63) is 29.8 Å². The maximum atomic E-state index is 11.7. The Morgan fingerprint density at radius 1 is 1.13 bits per heavy atom. The molecule has 1 aromatic rings. The number of rotatable bonds is 0. The molecule has 2 heteroatoms. The SMILES string of the molecule is CC.C[C@H]1Oc2ccccc2C(=O)[C@@H]1C. The molecule has 2 nitrogen and oxygen atoms in total. The molecule has 0 saturated carbocycles. The van der Waals surface area contributed by atoms with Crippen LogP contribution in [0.2, 0.25) is 0 Å². The van der Waals surface area contributed by atoms with E-state index in [-0.39, 0.29) is 17.8 Å². The number of Topliss-reactive ketones (excluding diaryl/α,β-unsaturated/α-hetero) is 1. The molecule has 0 N–H and O–H groups in total. The number of fused-ring (bicyclic) bond motifs is 1. The smallest absolute Gasteiger partial charge is 0.173 e. The third kappa shape index (κ3) is 2.20. The van der Waals surface area contributed by atoms with E-state index in [1.807, 2.05) is 52.0 Å². The molecule has 0 radical (unpaired) electrons. The highest BCUT2D eigenvalue weighted by Crippen LogP contribution is 2.29. The van der Waals surface area contributed by atoms with Crippen LogP contribution in [-0.4, -0.2) is 11.9 Å². The Kier molecular flexibility index (Phi) is 3.89. The van der Waals surface area contributed by atoms with E-state index in [4.69, 9.17) is 4.74 Å². The van der Waals surface area contributed by atoms with Crippen LogP contribution < -0.4 is 4.74 Å². The number of ketones is 1. The minimum atomic E-state index is -0.0325. The van der Waals surface area contributed by atoms with Crippen molar-refractivity contribution < 1.29 is 9.53 Å². The molecule has 1 aliphatic rings. The predicted molar refractivity (Wildman–Crippen MR) is 61.4 cm³/mol. The lowest BCUT2D eigenvalue weighted by Crippen LogP contribution is -2.33. The Bertz CT molecular complexity index is 344. The predicted octanol–water partition coefficient (Wildman–Crippen LogP) is 3.31. The summed E-state index contributed by atoms with van der Waals surface area (Å²) in [5, 5.41) is 0. The summed E-state index contributed by atoms with van der Waals surface area (Å²) in [6.45, 7) is 7.83. The summed E-state index contributed by atoms with van der Waals surface area (Å²) >= 11 is 0. The van der Waals surface area contributed by atoms with Crippen LogP contribution in [-0.2, 0) is 0 Å². The summed E-state index contributed by atoms with van der Waals surface area (Å²) in [6.07, 6.45) is -0.0117. The van der Waals surface area contributed by atoms with Crippen molar-refractivity contribution in [2.75, 3.05) is 0 Å². The van der Waals surface area contributed by atoms with Gasteiger partial charge >= 0.3 is 0 Å². The fourth-order valence-electron chi connectivity index (χ4n) is 1.53. The summed E-state index contributed by atoms with van der Waals surface area (Å²) in [6, 6.07) is 7.41. The fourth-order valence-corrected chi connectivity index (χ4v) is 1.53.